The molecule has 0 unspecified atom stereocenters. The summed E-state index contributed by atoms with van der Waals surface area (Å²) < 4.78 is 10.5. The second-order valence-corrected chi connectivity index (χ2v) is 5.48. The number of rotatable bonds is 6. The number of hydrogen-bond acceptors (Lipinski definition) is 6. The zero-order valence-electron chi connectivity index (χ0n) is 11.4. The molecular weight excluding hydrogens is 250 g/mol. The summed E-state index contributed by atoms with van der Waals surface area (Å²) in [6.07, 6.45) is 0. The fourth-order valence-corrected chi connectivity index (χ4v) is 2.10. The Morgan fingerprint density at radius 2 is 2.26 bits per heavy atom. The van der Waals surface area contributed by atoms with E-state index in [0.29, 0.717) is 31.3 Å². The molecule has 0 aromatic carbocycles. The van der Waals surface area contributed by atoms with Crippen LogP contribution >= 0.6 is 0 Å². The molecule has 1 aromatic rings. The van der Waals surface area contributed by atoms with Crippen molar-refractivity contribution in [3.05, 3.63) is 11.7 Å². The predicted octanol–water partition coefficient (Wildman–Crippen LogP) is 0.869. The summed E-state index contributed by atoms with van der Waals surface area (Å²) in [5.74, 6) is 0.598. The van der Waals surface area contributed by atoms with Crippen LogP contribution in [-0.4, -0.2) is 51.4 Å². The van der Waals surface area contributed by atoms with Gasteiger partial charge in [0, 0.05) is 19.0 Å². The van der Waals surface area contributed by atoms with Crippen molar-refractivity contribution in [3.8, 4) is 0 Å². The van der Waals surface area contributed by atoms with E-state index in [4.69, 9.17) is 14.4 Å². The number of hydrogen-bond donors (Lipinski definition) is 1. The molecule has 0 atom stereocenters. The van der Waals surface area contributed by atoms with Crippen LogP contribution in [0.3, 0.4) is 0 Å². The number of carboxylic acid groups (broad SMARTS) is 1. The average Bonchev–Trinajstić information content (AvgIpc) is 2.73. The second kappa shape index (κ2) is 5.26. The van der Waals surface area contributed by atoms with Crippen LogP contribution in [0.15, 0.2) is 4.52 Å². The van der Waals surface area contributed by atoms with Crippen LogP contribution in [0.1, 0.15) is 38.4 Å². The Morgan fingerprint density at radius 1 is 1.58 bits per heavy atom. The number of likely N-dealkylation sites (tertiary alicyclic amines) is 1. The van der Waals surface area contributed by atoms with Crippen LogP contribution < -0.4 is 0 Å². The second-order valence-electron chi connectivity index (χ2n) is 5.48. The van der Waals surface area contributed by atoms with Crippen LogP contribution in [0, 0.1) is 0 Å². The van der Waals surface area contributed by atoms with E-state index in [2.05, 4.69) is 15.0 Å². The molecule has 0 bridgehead atoms. The molecule has 19 heavy (non-hydrogen) atoms. The lowest BCUT2D eigenvalue weighted by Gasteiger charge is -2.46. The first kappa shape index (κ1) is 14.0. The summed E-state index contributed by atoms with van der Waals surface area (Å²) in [6, 6.07) is 0. The Bertz CT molecular complexity index is 452. The third kappa shape index (κ3) is 3.51. The maximum absolute atomic E-state index is 10.5. The Balaban J connectivity index is 1.79. The third-order valence-corrected chi connectivity index (χ3v) is 3.02. The van der Waals surface area contributed by atoms with E-state index in [1.54, 1.807) is 0 Å². The molecule has 0 spiro atoms. The highest BCUT2D eigenvalue weighted by molar-refractivity contribution is 5.68. The lowest BCUT2D eigenvalue weighted by Crippen LogP contribution is -2.61. The largest absolute Gasteiger partial charge is 0.480 e. The maximum atomic E-state index is 10.5. The minimum absolute atomic E-state index is 0.248. The number of nitrogens with zero attached hydrogens (tertiary/aromatic N) is 3. The molecule has 2 heterocycles. The van der Waals surface area contributed by atoms with Gasteiger partial charge in [-0.3, -0.25) is 4.90 Å². The molecule has 2 rings (SSSR count). The van der Waals surface area contributed by atoms with Gasteiger partial charge in [-0.25, -0.2) is 4.79 Å². The van der Waals surface area contributed by atoms with Crippen LogP contribution in [0.4, 0.5) is 0 Å². The Morgan fingerprint density at radius 3 is 2.79 bits per heavy atom. The number of ether oxygens (including phenoxy) is 1. The van der Waals surface area contributed by atoms with Gasteiger partial charge in [0.05, 0.1) is 12.1 Å². The molecule has 1 aromatic heterocycles. The molecule has 7 heteroatoms. The van der Waals surface area contributed by atoms with Gasteiger partial charge in [0.25, 0.3) is 0 Å². The van der Waals surface area contributed by atoms with Gasteiger partial charge in [-0.1, -0.05) is 19.0 Å². The topological polar surface area (TPSA) is 88.7 Å². The van der Waals surface area contributed by atoms with Gasteiger partial charge in [0.15, 0.2) is 5.82 Å². The van der Waals surface area contributed by atoms with Crippen molar-refractivity contribution in [1.29, 1.82) is 0 Å². The number of aromatic nitrogens is 2. The van der Waals surface area contributed by atoms with Gasteiger partial charge in [-0.05, 0) is 6.92 Å². The summed E-state index contributed by atoms with van der Waals surface area (Å²) in [5.41, 5.74) is -0.390. The first-order valence-corrected chi connectivity index (χ1v) is 6.28. The minimum atomic E-state index is -0.946. The molecule has 0 saturated carbocycles. The molecule has 0 radical (unpaired) electrons. The van der Waals surface area contributed by atoms with Gasteiger partial charge in [-0.15, -0.1) is 0 Å². The van der Waals surface area contributed by atoms with Crippen LogP contribution in [0.25, 0.3) is 0 Å². The van der Waals surface area contributed by atoms with E-state index in [9.17, 15) is 4.79 Å². The van der Waals surface area contributed by atoms with E-state index in [1.807, 2.05) is 20.8 Å². The Hall–Kier alpha value is -1.47. The Kier molecular flexibility index (Phi) is 3.86. The fraction of sp³-hybridized carbons (Fsp3) is 0.750. The monoisotopic (exact) mass is 269 g/mol. The average molecular weight is 269 g/mol. The first-order valence-electron chi connectivity index (χ1n) is 6.28. The van der Waals surface area contributed by atoms with Crippen molar-refractivity contribution >= 4 is 5.97 Å². The number of carbonyl (C=O) groups is 1. The molecule has 0 aliphatic carbocycles. The van der Waals surface area contributed by atoms with Gasteiger partial charge in [-0.2, -0.15) is 4.98 Å². The highest BCUT2D eigenvalue weighted by Gasteiger charge is 2.40. The third-order valence-electron chi connectivity index (χ3n) is 3.02. The van der Waals surface area contributed by atoms with E-state index in [0.717, 1.165) is 0 Å². The number of aliphatic carboxylic acids is 1. The summed E-state index contributed by atoms with van der Waals surface area (Å²) in [7, 11) is 0. The molecule has 1 aliphatic rings. The molecular formula is C12H19N3O4. The summed E-state index contributed by atoms with van der Waals surface area (Å²) >= 11 is 0. The summed E-state index contributed by atoms with van der Waals surface area (Å²) in [6.45, 7) is 7.57. The molecule has 0 amide bonds. The summed E-state index contributed by atoms with van der Waals surface area (Å²) in [5, 5.41) is 12.5. The summed E-state index contributed by atoms with van der Waals surface area (Å²) in [4.78, 5) is 16.8. The van der Waals surface area contributed by atoms with Crippen molar-refractivity contribution in [2.24, 2.45) is 0 Å². The van der Waals surface area contributed by atoms with Gasteiger partial charge in [0.1, 0.15) is 6.61 Å². The van der Waals surface area contributed by atoms with Gasteiger partial charge >= 0.3 is 5.97 Å². The van der Waals surface area contributed by atoms with Crippen molar-refractivity contribution in [2.75, 3.05) is 19.7 Å². The molecule has 1 fully saturated rings. The zero-order chi connectivity index (χ0) is 14.0. The van der Waals surface area contributed by atoms with Crippen molar-refractivity contribution in [1.82, 2.24) is 15.0 Å². The van der Waals surface area contributed by atoms with Crippen molar-refractivity contribution < 1.29 is 19.2 Å². The van der Waals surface area contributed by atoms with Crippen molar-refractivity contribution in [2.45, 2.75) is 38.8 Å². The minimum Gasteiger partial charge on any atom is -0.480 e. The van der Waals surface area contributed by atoms with Crippen LogP contribution in [0.5, 0.6) is 0 Å². The smallest absolute Gasteiger partial charge is 0.329 e. The lowest BCUT2D eigenvalue weighted by molar-refractivity contribution is -0.166. The van der Waals surface area contributed by atoms with E-state index >= 15 is 0 Å². The van der Waals surface area contributed by atoms with E-state index in [-0.39, 0.29) is 18.1 Å². The SMILES string of the molecule is CC(C)c1noc(CN2CC(C)(OCC(=O)O)C2)n1. The fourth-order valence-electron chi connectivity index (χ4n) is 2.10. The molecule has 106 valence electrons. The zero-order valence-corrected chi connectivity index (χ0v) is 11.4. The van der Waals surface area contributed by atoms with Crippen LogP contribution in [-0.2, 0) is 16.1 Å². The molecule has 7 nitrogen and oxygen atoms in total. The maximum Gasteiger partial charge on any atom is 0.329 e. The molecule has 1 saturated heterocycles. The number of carboxylic acids is 1. The normalized spacial score (nSPS) is 18.5. The first-order chi connectivity index (χ1) is 8.88. The van der Waals surface area contributed by atoms with Crippen LogP contribution in [0.2, 0.25) is 0 Å². The van der Waals surface area contributed by atoms with E-state index in [1.165, 1.54) is 0 Å². The molecule has 1 N–H and O–H groups in total. The lowest BCUT2D eigenvalue weighted by atomic mass is 9.96. The standard InChI is InChI=1S/C12H19N3O4/c1-8(2)11-13-9(19-14-11)4-15-6-12(3,7-15)18-5-10(16)17/h8H,4-7H2,1-3H3,(H,16,17). The molecule has 1 aliphatic heterocycles. The highest BCUT2D eigenvalue weighted by Crippen LogP contribution is 2.26. The van der Waals surface area contributed by atoms with Gasteiger partial charge < -0.3 is 14.4 Å². The predicted molar refractivity (Wildman–Crippen MR) is 65.7 cm³/mol. The highest BCUT2D eigenvalue weighted by atomic mass is 16.5. The Labute approximate surface area is 111 Å². The van der Waals surface area contributed by atoms with Gasteiger partial charge in [0.2, 0.25) is 5.89 Å². The van der Waals surface area contributed by atoms with Crippen molar-refractivity contribution in [3.63, 3.8) is 0 Å². The van der Waals surface area contributed by atoms with E-state index < -0.39 is 5.97 Å². The quantitative estimate of drug-likeness (QED) is 0.819.